The van der Waals surface area contributed by atoms with Gasteiger partial charge in [-0.05, 0) is 36.8 Å². The maximum Gasteiger partial charge on any atom is 0.193 e. The lowest BCUT2D eigenvalue weighted by molar-refractivity contribution is -0.122. The molecule has 3 heteroatoms. The van der Waals surface area contributed by atoms with Crippen LogP contribution in [0, 0.1) is 0 Å². The maximum absolute atomic E-state index is 13.6. The van der Waals surface area contributed by atoms with E-state index in [-0.39, 0.29) is 29.2 Å². The van der Waals surface area contributed by atoms with Gasteiger partial charge in [-0.1, -0.05) is 61.4 Å². The van der Waals surface area contributed by atoms with Gasteiger partial charge in [-0.2, -0.15) is 0 Å². The number of benzene rings is 2. The van der Waals surface area contributed by atoms with Gasteiger partial charge < -0.3 is 0 Å². The first kappa shape index (κ1) is 18.8. The van der Waals surface area contributed by atoms with Crippen molar-refractivity contribution >= 4 is 17.3 Å². The predicted molar refractivity (Wildman–Crippen MR) is 109 cm³/mol. The highest BCUT2D eigenvalue weighted by molar-refractivity contribution is 6.12. The molecule has 2 aliphatic carbocycles. The van der Waals surface area contributed by atoms with E-state index in [1.807, 2.05) is 48.5 Å². The lowest BCUT2D eigenvalue weighted by Gasteiger charge is -2.25. The highest BCUT2D eigenvalue weighted by Gasteiger charge is 2.31. The van der Waals surface area contributed by atoms with Crippen molar-refractivity contribution in [2.24, 2.45) is 0 Å². The summed E-state index contributed by atoms with van der Waals surface area (Å²) in [6.45, 7) is 0. The largest absolute Gasteiger partial charge is 0.299 e. The van der Waals surface area contributed by atoms with Gasteiger partial charge in [0.05, 0.1) is 0 Å². The lowest BCUT2D eigenvalue weighted by atomic mass is 9.77. The van der Waals surface area contributed by atoms with Gasteiger partial charge in [-0.3, -0.25) is 14.4 Å². The Kier molecular flexibility index (Phi) is 5.52. The zero-order valence-electron chi connectivity index (χ0n) is 16.2. The molecule has 144 valence electrons. The minimum Gasteiger partial charge on any atom is -0.299 e. The molecule has 4 rings (SSSR count). The molecule has 2 fully saturated rings. The van der Waals surface area contributed by atoms with Crippen molar-refractivity contribution in [3.05, 3.63) is 70.8 Å². The van der Waals surface area contributed by atoms with Crippen LogP contribution in [-0.4, -0.2) is 17.3 Å². The Hall–Kier alpha value is -2.55. The Morgan fingerprint density at radius 2 is 1.07 bits per heavy atom. The third-order valence-corrected chi connectivity index (χ3v) is 6.27. The van der Waals surface area contributed by atoms with Crippen molar-refractivity contribution in [3.63, 3.8) is 0 Å². The summed E-state index contributed by atoms with van der Waals surface area (Å²) in [5.74, 6) is 0.0437. The molecule has 2 aliphatic rings. The number of carbonyl (C=O) groups is 3. The number of ketones is 3. The molecular formula is C25H26O3. The average Bonchev–Trinajstić information content (AvgIpc) is 2.74. The molecule has 2 aromatic carbocycles. The van der Waals surface area contributed by atoms with Crippen LogP contribution in [0.25, 0.3) is 0 Å². The van der Waals surface area contributed by atoms with Gasteiger partial charge in [0.1, 0.15) is 11.6 Å². The molecule has 0 amide bonds. The van der Waals surface area contributed by atoms with Crippen LogP contribution in [0.5, 0.6) is 0 Å². The maximum atomic E-state index is 13.6. The summed E-state index contributed by atoms with van der Waals surface area (Å²) in [4.78, 5) is 38.6. The number of Topliss-reactive ketones (excluding diaryl/α,β-unsaturated/α-hetero) is 2. The molecule has 0 radical (unpaired) electrons. The first-order valence-electron chi connectivity index (χ1n) is 10.4. The van der Waals surface area contributed by atoms with E-state index in [9.17, 15) is 14.4 Å². The Balaban J connectivity index is 1.74. The van der Waals surface area contributed by atoms with Crippen molar-refractivity contribution in [1.29, 1.82) is 0 Å². The minimum absolute atomic E-state index is 0.0667. The molecule has 28 heavy (non-hydrogen) atoms. The fourth-order valence-electron chi connectivity index (χ4n) is 4.78. The van der Waals surface area contributed by atoms with Crippen LogP contribution in [0.1, 0.15) is 90.3 Å². The second kappa shape index (κ2) is 8.22. The molecule has 0 aliphatic heterocycles. The van der Waals surface area contributed by atoms with Gasteiger partial charge in [-0.15, -0.1) is 0 Å². The summed E-state index contributed by atoms with van der Waals surface area (Å²) < 4.78 is 0. The molecule has 0 spiro atoms. The number of carbonyl (C=O) groups excluding carboxylic acids is 3. The Labute approximate surface area is 166 Å². The summed E-state index contributed by atoms with van der Waals surface area (Å²) in [7, 11) is 0. The monoisotopic (exact) mass is 374 g/mol. The SMILES string of the molecule is O=C(c1ccccc1C1CCCCC1=O)c1ccccc1C1CCCCC1=O. The molecule has 3 nitrogen and oxygen atoms in total. The number of rotatable bonds is 4. The summed E-state index contributed by atoms with van der Waals surface area (Å²) in [6, 6.07) is 15.1. The Bertz CT molecular complexity index is 838. The van der Waals surface area contributed by atoms with Crippen LogP contribution < -0.4 is 0 Å². The molecular weight excluding hydrogens is 348 g/mol. The van der Waals surface area contributed by atoms with Gasteiger partial charge in [0.2, 0.25) is 0 Å². The van der Waals surface area contributed by atoms with Gasteiger partial charge >= 0.3 is 0 Å². The molecule has 0 N–H and O–H groups in total. The van der Waals surface area contributed by atoms with Crippen molar-refractivity contribution in [3.8, 4) is 0 Å². The smallest absolute Gasteiger partial charge is 0.193 e. The molecule has 2 atom stereocenters. The number of hydrogen-bond acceptors (Lipinski definition) is 3. The number of hydrogen-bond donors (Lipinski definition) is 0. The Morgan fingerprint density at radius 3 is 1.50 bits per heavy atom. The standard InChI is InChI=1S/C25H26O3/c26-23-15-7-5-11-19(23)17-9-1-3-13-21(17)25(28)22-14-4-2-10-18(22)20-12-6-8-16-24(20)27/h1-4,9-10,13-14,19-20H,5-8,11-12,15-16H2. The Morgan fingerprint density at radius 1 is 0.643 bits per heavy atom. The summed E-state index contributed by atoms with van der Waals surface area (Å²) in [5, 5.41) is 0. The first-order chi connectivity index (χ1) is 13.7. The van der Waals surface area contributed by atoms with Gasteiger partial charge in [0.25, 0.3) is 0 Å². The third kappa shape index (κ3) is 3.58. The van der Waals surface area contributed by atoms with E-state index in [0.29, 0.717) is 24.0 Å². The topological polar surface area (TPSA) is 51.2 Å². The van der Waals surface area contributed by atoms with E-state index in [1.165, 1.54) is 0 Å². The molecule has 0 saturated heterocycles. The zero-order valence-corrected chi connectivity index (χ0v) is 16.2. The molecule has 2 unspecified atom stereocenters. The zero-order chi connectivity index (χ0) is 19.5. The summed E-state index contributed by atoms with van der Waals surface area (Å²) in [6.07, 6.45) is 6.74. The molecule has 0 bridgehead atoms. The highest BCUT2D eigenvalue weighted by Crippen LogP contribution is 2.36. The summed E-state index contributed by atoms with van der Waals surface area (Å²) in [5.41, 5.74) is 2.92. The van der Waals surface area contributed by atoms with E-state index in [0.717, 1.165) is 49.7 Å². The van der Waals surface area contributed by atoms with Gasteiger partial charge in [0.15, 0.2) is 5.78 Å². The fraction of sp³-hybridized carbons (Fsp3) is 0.400. The summed E-state index contributed by atoms with van der Waals surface area (Å²) >= 11 is 0. The quantitative estimate of drug-likeness (QED) is 0.676. The fourth-order valence-corrected chi connectivity index (χ4v) is 4.78. The molecule has 0 heterocycles. The van der Waals surface area contributed by atoms with Crippen molar-refractivity contribution in [2.45, 2.75) is 63.2 Å². The molecule has 2 aromatic rings. The molecule has 2 saturated carbocycles. The van der Waals surface area contributed by atoms with E-state index >= 15 is 0 Å². The van der Waals surface area contributed by atoms with Crippen molar-refractivity contribution in [1.82, 2.24) is 0 Å². The average molecular weight is 374 g/mol. The van der Waals surface area contributed by atoms with Crippen molar-refractivity contribution in [2.75, 3.05) is 0 Å². The van der Waals surface area contributed by atoms with Gasteiger partial charge in [0, 0.05) is 35.8 Å². The van der Waals surface area contributed by atoms with E-state index in [2.05, 4.69) is 0 Å². The van der Waals surface area contributed by atoms with Crippen LogP contribution in [0.2, 0.25) is 0 Å². The lowest BCUT2D eigenvalue weighted by Crippen LogP contribution is -2.22. The van der Waals surface area contributed by atoms with E-state index in [4.69, 9.17) is 0 Å². The van der Waals surface area contributed by atoms with E-state index in [1.54, 1.807) is 0 Å². The van der Waals surface area contributed by atoms with Crippen molar-refractivity contribution < 1.29 is 14.4 Å². The highest BCUT2D eigenvalue weighted by atomic mass is 16.1. The second-order valence-corrected chi connectivity index (χ2v) is 8.03. The second-order valence-electron chi connectivity index (χ2n) is 8.03. The normalized spacial score (nSPS) is 22.9. The van der Waals surface area contributed by atoms with Crippen LogP contribution in [-0.2, 0) is 9.59 Å². The van der Waals surface area contributed by atoms with Gasteiger partial charge in [-0.25, -0.2) is 0 Å². The molecule has 0 aromatic heterocycles. The van der Waals surface area contributed by atoms with Crippen LogP contribution in [0.15, 0.2) is 48.5 Å². The van der Waals surface area contributed by atoms with Crippen LogP contribution in [0.4, 0.5) is 0 Å². The third-order valence-electron chi connectivity index (χ3n) is 6.27. The first-order valence-corrected chi connectivity index (χ1v) is 10.4. The van der Waals surface area contributed by atoms with E-state index < -0.39 is 0 Å². The van der Waals surface area contributed by atoms with Crippen LogP contribution >= 0.6 is 0 Å². The predicted octanol–water partition coefficient (Wildman–Crippen LogP) is 5.37. The minimum atomic E-state index is -0.183. The van der Waals surface area contributed by atoms with Crippen LogP contribution in [0.3, 0.4) is 0 Å².